The van der Waals surface area contributed by atoms with Gasteiger partial charge >= 0.3 is 0 Å². The van der Waals surface area contributed by atoms with Crippen molar-refractivity contribution in [3.8, 4) is 0 Å². The Morgan fingerprint density at radius 1 is 1.33 bits per heavy atom. The Balaban J connectivity index is 2.43. The molecule has 0 saturated heterocycles. The fourth-order valence-corrected chi connectivity index (χ4v) is 1.57. The fourth-order valence-electron chi connectivity index (χ4n) is 1.57. The van der Waals surface area contributed by atoms with Gasteiger partial charge < -0.3 is 10.4 Å². The normalized spacial score (nSPS) is 10.5. The number of para-hydroxylation sites is 1. The lowest BCUT2D eigenvalue weighted by molar-refractivity contribution is 0.311. The summed E-state index contributed by atoms with van der Waals surface area (Å²) in [6.07, 6.45) is 0. The topological polar surface area (TPSA) is 45.2 Å². The van der Waals surface area contributed by atoms with E-state index in [0.717, 1.165) is 22.3 Å². The van der Waals surface area contributed by atoms with Crippen LogP contribution in [-0.2, 0) is 0 Å². The molecule has 2 rings (SSSR count). The van der Waals surface area contributed by atoms with Crippen LogP contribution in [0.4, 0.5) is 5.82 Å². The van der Waals surface area contributed by atoms with E-state index in [-0.39, 0.29) is 6.61 Å². The molecule has 78 valence electrons. The van der Waals surface area contributed by atoms with Crippen molar-refractivity contribution in [2.75, 3.05) is 18.5 Å². The molecule has 1 heterocycles. The summed E-state index contributed by atoms with van der Waals surface area (Å²) in [6.45, 7) is 2.67. The molecular weight excluding hydrogens is 188 g/mol. The molecule has 1 aromatic heterocycles. The minimum atomic E-state index is 0.119. The highest BCUT2D eigenvalue weighted by molar-refractivity contribution is 5.81. The Labute approximate surface area is 88.8 Å². The SMILES string of the molecule is Cc1cc2ccccc2nc1NCCO. The molecule has 0 amide bonds. The monoisotopic (exact) mass is 202 g/mol. The maximum Gasteiger partial charge on any atom is 0.129 e. The van der Waals surface area contributed by atoms with Crippen LogP contribution in [0.25, 0.3) is 10.9 Å². The summed E-state index contributed by atoms with van der Waals surface area (Å²) in [5.41, 5.74) is 2.07. The average Bonchev–Trinajstić information content (AvgIpc) is 2.26. The zero-order valence-electron chi connectivity index (χ0n) is 8.70. The number of aromatic nitrogens is 1. The maximum atomic E-state index is 8.74. The number of aliphatic hydroxyl groups is 1. The summed E-state index contributed by atoms with van der Waals surface area (Å²) in [7, 11) is 0. The molecule has 2 N–H and O–H groups in total. The van der Waals surface area contributed by atoms with Gasteiger partial charge in [-0.05, 0) is 24.6 Å². The minimum Gasteiger partial charge on any atom is -0.395 e. The number of nitrogens with one attached hydrogen (secondary N) is 1. The lowest BCUT2D eigenvalue weighted by Gasteiger charge is -2.08. The number of nitrogens with zero attached hydrogens (tertiary/aromatic N) is 1. The van der Waals surface area contributed by atoms with Crippen molar-refractivity contribution in [2.45, 2.75) is 6.92 Å². The lowest BCUT2D eigenvalue weighted by atomic mass is 10.1. The van der Waals surface area contributed by atoms with Gasteiger partial charge in [0.15, 0.2) is 0 Å². The molecule has 0 spiro atoms. The van der Waals surface area contributed by atoms with Crippen molar-refractivity contribution in [3.05, 3.63) is 35.9 Å². The van der Waals surface area contributed by atoms with Crippen molar-refractivity contribution in [1.82, 2.24) is 4.98 Å². The van der Waals surface area contributed by atoms with Crippen molar-refractivity contribution >= 4 is 16.7 Å². The van der Waals surface area contributed by atoms with Crippen LogP contribution < -0.4 is 5.32 Å². The van der Waals surface area contributed by atoms with E-state index in [9.17, 15) is 0 Å². The van der Waals surface area contributed by atoms with E-state index in [1.807, 2.05) is 31.2 Å². The maximum absolute atomic E-state index is 8.74. The smallest absolute Gasteiger partial charge is 0.129 e. The van der Waals surface area contributed by atoms with Gasteiger partial charge in [0.2, 0.25) is 0 Å². The van der Waals surface area contributed by atoms with Crippen LogP contribution in [-0.4, -0.2) is 23.2 Å². The first kappa shape index (κ1) is 9.93. The number of rotatable bonds is 3. The molecule has 0 radical (unpaired) electrons. The van der Waals surface area contributed by atoms with Crippen LogP contribution in [0.3, 0.4) is 0 Å². The largest absolute Gasteiger partial charge is 0.395 e. The van der Waals surface area contributed by atoms with Crippen molar-refractivity contribution in [2.24, 2.45) is 0 Å². The van der Waals surface area contributed by atoms with Gasteiger partial charge in [0, 0.05) is 11.9 Å². The summed E-state index contributed by atoms with van der Waals surface area (Å²) in [5, 5.41) is 13.0. The fraction of sp³-hybridized carbons (Fsp3) is 0.250. The van der Waals surface area contributed by atoms with Gasteiger partial charge in [-0.2, -0.15) is 0 Å². The van der Waals surface area contributed by atoms with E-state index >= 15 is 0 Å². The molecule has 0 saturated carbocycles. The van der Waals surface area contributed by atoms with Crippen LogP contribution in [0, 0.1) is 6.92 Å². The van der Waals surface area contributed by atoms with Crippen LogP contribution in [0.15, 0.2) is 30.3 Å². The third-order valence-corrected chi connectivity index (χ3v) is 2.32. The van der Waals surface area contributed by atoms with Gasteiger partial charge in [-0.3, -0.25) is 0 Å². The third-order valence-electron chi connectivity index (χ3n) is 2.32. The molecule has 3 nitrogen and oxygen atoms in total. The third kappa shape index (κ3) is 2.07. The number of pyridine rings is 1. The van der Waals surface area contributed by atoms with Crippen molar-refractivity contribution in [3.63, 3.8) is 0 Å². The zero-order valence-corrected chi connectivity index (χ0v) is 8.70. The standard InChI is InChI=1S/C12H14N2O/c1-9-8-10-4-2-3-5-11(10)14-12(9)13-6-7-15/h2-5,8,15H,6-7H2,1H3,(H,13,14). The number of aliphatic hydroxyl groups excluding tert-OH is 1. The van der Waals surface area contributed by atoms with Gasteiger partial charge in [0.1, 0.15) is 5.82 Å². The minimum absolute atomic E-state index is 0.119. The summed E-state index contributed by atoms with van der Waals surface area (Å²) < 4.78 is 0. The second-order valence-electron chi connectivity index (χ2n) is 3.50. The molecule has 0 aliphatic heterocycles. The predicted molar refractivity (Wildman–Crippen MR) is 62.1 cm³/mol. The highest BCUT2D eigenvalue weighted by atomic mass is 16.3. The van der Waals surface area contributed by atoms with Crippen molar-refractivity contribution < 1.29 is 5.11 Å². The molecule has 0 atom stereocenters. The molecule has 15 heavy (non-hydrogen) atoms. The summed E-state index contributed by atoms with van der Waals surface area (Å²) in [5.74, 6) is 0.850. The number of hydrogen-bond donors (Lipinski definition) is 2. The Kier molecular flexibility index (Phi) is 2.83. The number of hydrogen-bond acceptors (Lipinski definition) is 3. The highest BCUT2D eigenvalue weighted by Crippen LogP contribution is 2.18. The molecule has 0 aliphatic rings. The summed E-state index contributed by atoms with van der Waals surface area (Å²) in [4.78, 5) is 4.49. The first-order chi connectivity index (χ1) is 7.31. The molecular formula is C12H14N2O. The van der Waals surface area contributed by atoms with Gasteiger partial charge in [-0.25, -0.2) is 4.98 Å². The molecule has 0 aliphatic carbocycles. The van der Waals surface area contributed by atoms with E-state index < -0.39 is 0 Å². The van der Waals surface area contributed by atoms with Gasteiger partial charge in [0.05, 0.1) is 12.1 Å². The quantitative estimate of drug-likeness (QED) is 0.799. The van der Waals surface area contributed by atoms with E-state index in [2.05, 4.69) is 16.4 Å². The van der Waals surface area contributed by atoms with Crippen LogP contribution in [0.1, 0.15) is 5.56 Å². The van der Waals surface area contributed by atoms with Gasteiger partial charge in [0.25, 0.3) is 0 Å². The predicted octanol–water partition coefficient (Wildman–Crippen LogP) is 1.95. The zero-order chi connectivity index (χ0) is 10.7. The van der Waals surface area contributed by atoms with E-state index in [1.165, 1.54) is 0 Å². The van der Waals surface area contributed by atoms with E-state index in [0.29, 0.717) is 6.54 Å². The van der Waals surface area contributed by atoms with E-state index in [4.69, 9.17) is 5.11 Å². The number of anilines is 1. The highest BCUT2D eigenvalue weighted by Gasteiger charge is 2.01. The Bertz CT molecular complexity index is 468. The van der Waals surface area contributed by atoms with E-state index in [1.54, 1.807) is 0 Å². The average molecular weight is 202 g/mol. The van der Waals surface area contributed by atoms with Crippen LogP contribution >= 0.6 is 0 Å². The van der Waals surface area contributed by atoms with Crippen LogP contribution in [0.2, 0.25) is 0 Å². The Morgan fingerprint density at radius 3 is 2.93 bits per heavy atom. The summed E-state index contributed by atoms with van der Waals surface area (Å²) in [6, 6.07) is 10.1. The summed E-state index contributed by atoms with van der Waals surface area (Å²) >= 11 is 0. The van der Waals surface area contributed by atoms with Crippen molar-refractivity contribution in [1.29, 1.82) is 0 Å². The molecule has 0 unspecified atom stereocenters. The molecule has 3 heteroatoms. The first-order valence-electron chi connectivity index (χ1n) is 5.02. The van der Waals surface area contributed by atoms with Crippen LogP contribution in [0.5, 0.6) is 0 Å². The molecule has 0 fully saturated rings. The Morgan fingerprint density at radius 2 is 2.13 bits per heavy atom. The van der Waals surface area contributed by atoms with Gasteiger partial charge in [-0.1, -0.05) is 18.2 Å². The number of aryl methyl sites for hydroxylation is 1. The lowest BCUT2D eigenvalue weighted by Crippen LogP contribution is -2.08. The number of fused-ring (bicyclic) bond motifs is 1. The Hall–Kier alpha value is -1.61. The second-order valence-corrected chi connectivity index (χ2v) is 3.50. The molecule has 0 bridgehead atoms. The molecule has 1 aromatic carbocycles. The first-order valence-corrected chi connectivity index (χ1v) is 5.02. The van der Waals surface area contributed by atoms with Gasteiger partial charge in [-0.15, -0.1) is 0 Å². The second kappa shape index (κ2) is 4.28. The number of benzene rings is 1. The molecule has 2 aromatic rings.